The number of ether oxygens (including phenoxy) is 2. The van der Waals surface area contributed by atoms with Crippen molar-refractivity contribution < 1.29 is 32.2 Å². The highest BCUT2D eigenvalue weighted by Crippen LogP contribution is 2.36. The van der Waals surface area contributed by atoms with Gasteiger partial charge >= 0.3 is 6.18 Å². The van der Waals surface area contributed by atoms with Crippen LogP contribution in [0.1, 0.15) is 30.4 Å². The average molecular weight is 506 g/mol. The van der Waals surface area contributed by atoms with Crippen LogP contribution >= 0.6 is 0 Å². The Kier molecular flexibility index (Phi) is 7.85. The molecule has 1 saturated carbocycles. The number of halogens is 3. The quantitative estimate of drug-likeness (QED) is 0.479. The van der Waals surface area contributed by atoms with E-state index in [0.29, 0.717) is 31.6 Å². The molecular formula is C26H30F3N3O4. The Bertz CT molecular complexity index is 1060. The number of benzene rings is 2. The number of anilines is 2. The summed E-state index contributed by atoms with van der Waals surface area (Å²) in [6.45, 7) is 1.11. The summed E-state index contributed by atoms with van der Waals surface area (Å²) in [5.41, 5.74) is -0.319. The average Bonchev–Trinajstić information content (AvgIpc) is 3.31. The number of hydrogen-bond acceptors (Lipinski definition) is 5. The predicted molar refractivity (Wildman–Crippen MR) is 127 cm³/mol. The molecule has 2 aliphatic rings. The highest BCUT2D eigenvalue weighted by molar-refractivity contribution is 5.85. The molecule has 194 valence electrons. The Balaban J connectivity index is 1.31. The van der Waals surface area contributed by atoms with Crippen LogP contribution in [0.25, 0.3) is 0 Å². The van der Waals surface area contributed by atoms with Crippen LogP contribution in [0, 0.1) is 11.3 Å². The molecule has 1 aliphatic heterocycles. The summed E-state index contributed by atoms with van der Waals surface area (Å²) >= 11 is 0. The second-order valence-electron chi connectivity index (χ2n) is 9.37. The first kappa shape index (κ1) is 26.0. The van der Waals surface area contributed by atoms with Gasteiger partial charge in [0.1, 0.15) is 0 Å². The minimum atomic E-state index is -4.46. The number of para-hydroxylation sites is 1. The molecule has 7 nitrogen and oxygen atoms in total. The summed E-state index contributed by atoms with van der Waals surface area (Å²) in [7, 11) is 1.63. The number of carbonyl (C=O) groups excluding carboxylic acids is 2. The lowest BCUT2D eigenvalue weighted by Crippen LogP contribution is -2.51. The van der Waals surface area contributed by atoms with Crippen molar-refractivity contribution in [3.05, 3.63) is 59.7 Å². The molecule has 0 radical (unpaired) electrons. The van der Waals surface area contributed by atoms with Crippen LogP contribution in [0.4, 0.5) is 24.5 Å². The van der Waals surface area contributed by atoms with Crippen LogP contribution in [0.5, 0.6) is 0 Å². The van der Waals surface area contributed by atoms with E-state index in [2.05, 4.69) is 16.0 Å². The van der Waals surface area contributed by atoms with Gasteiger partial charge < -0.3 is 25.4 Å². The third-order valence-corrected chi connectivity index (χ3v) is 6.90. The predicted octanol–water partition coefficient (Wildman–Crippen LogP) is 4.01. The summed E-state index contributed by atoms with van der Waals surface area (Å²) < 4.78 is 50.4. The molecule has 1 aliphatic carbocycles. The number of rotatable bonds is 9. The normalized spacial score (nSPS) is 23.6. The largest absolute Gasteiger partial charge is 0.418 e. The Morgan fingerprint density at radius 3 is 2.44 bits per heavy atom. The van der Waals surface area contributed by atoms with Crippen molar-refractivity contribution in [3.63, 3.8) is 0 Å². The number of nitrogens with one attached hydrogen (secondary N) is 3. The maximum atomic E-state index is 13.2. The van der Waals surface area contributed by atoms with Gasteiger partial charge in [0.2, 0.25) is 11.8 Å². The Morgan fingerprint density at radius 1 is 1.08 bits per heavy atom. The standard InChI is InChI=1S/C26H30F3N3O4/c1-35-20-12-18(13-20)23(33)31-15-25(10-11-36-16-25)24(34)30-14-17-6-8-19(9-7-17)32-22-5-3-2-4-21(22)26(27,28)29/h2-9,18,20,32H,10-16H2,1H3,(H,30,34)(H,31,33)/t18?,20?,25-/m0/s1. The van der Waals surface area contributed by atoms with E-state index in [1.54, 1.807) is 31.4 Å². The van der Waals surface area contributed by atoms with E-state index in [1.807, 2.05) is 0 Å². The maximum absolute atomic E-state index is 13.2. The van der Waals surface area contributed by atoms with Gasteiger partial charge in [-0.1, -0.05) is 24.3 Å². The second-order valence-corrected chi connectivity index (χ2v) is 9.37. The van der Waals surface area contributed by atoms with Crippen molar-refractivity contribution in [2.24, 2.45) is 11.3 Å². The molecule has 0 spiro atoms. The fourth-order valence-corrected chi connectivity index (χ4v) is 4.45. The van der Waals surface area contributed by atoms with E-state index in [9.17, 15) is 22.8 Å². The highest BCUT2D eigenvalue weighted by atomic mass is 19.4. The van der Waals surface area contributed by atoms with Crippen LogP contribution in [0.2, 0.25) is 0 Å². The number of alkyl halides is 3. The van der Waals surface area contributed by atoms with Crippen LogP contribution < -0.4 is 16.0 Å². The molecule has 2 aromatic carbocycles. The first-order valence-electron chi connectivity index (χ1n) is 11.9. The number of amides is 2. The highest BCUT2D eigenvalue weighted by Gasteiger charge is 2.43. The fourth-order valence-electron chi connectivity index (χ4n) is 4.45. The van der Waals surface area contributed by atoms with Crippen molar-refractivity contribution in [1.29, 1.82) is 0 Å². The van der Waals surface area contributed by atoms with Gasteiger partial charge in [-0.05, 0) is 49.1 Å². The van der Waals surface area contributed by atoms with Crippen molar-refractivity contribution in [2.75, 3.05) is 32.2 Å². The van der Waals surface area contributed by atoms with Crippen LogP contribution in [-0.4, -0.2) is 44.8 Å². The molecule has 2 amide bonds. The minimum Gasteiger partial charge on any atom is -0.381 e. The zero-order chi connectivity index (χ0) is 25.8. The SMILES string of the molecule is COC1CC(C(=O)NC[C@@]2(C(=O)NCc3ccc(Nc4ccccc4C(F)(F)F)cc3)CCOC2)C1. The van der Waals surface area contributed by atoms with Gasteiger partial charge in [0.05, 0.1) is 29.4 Å². The first-order chi connectivity index (χ1) is 17.2. The van der Waals surface area contributed by atoms with E-state index < -0.39 is 17.2 Å². The van der Waals surface area contributed by atoms with Crippen LogP contribution in [-0.2, 0) is 31.8 Å². The zero-order valence-electron chi connectivity index (χ0n) is 20.0. The molecule has 10 heteroatoms. The summed E-state index contributed by atoms with van der Waals surface area (Å²) in [6, 6.07) is 12.1. The van der Waals surface area contributed by atoms with Gasteiger partial charge in [-0.25, -0.2) is 0 Å². The van der Waals surface area contributed by atoms with E-state index >= 15 is 0 Å². The van der Waals surface area contributed by atoms with Gasteiger partial charge in [0, 0.05) is 38.4 Å². The third-order valence-electron chi connectivity index (χ3n) is 6.90. The van der Waals surface area contributed by atoms with Crippen molar-refractivity contribution in [3.8, 4) is 0 Å². The van der Waals surface area contributed by atoms with Crippen molar-refractivity contribution in [2.45, 2.75) is 38.1 Å². The number of carbonyl (C=O) groups is 2. The maximum Gasteiger partial charge on any atom is 0.418 e. The van der Waals surface area contributed by atoms with E-state index in [0.717, 1.165) is 11.6 Å². The van der Waals surface area contributed by atoms with Crippen molar-refractivity contribution in [1.82, 2.24) is 10.6 Å². The molecule has 2 fully saturated rings. The molecule has 1 heterocycles. The molecular weight excluding hydrogens is 475 g/mol. The second kappa shape index (κ2) is 10.9. The Labute approximate surface area is 207 Å². The monoisotopic (exact) mass is 505 g/mol. The topological polar surface area (TPSA) is 88.7 Å². The summed E-state index contributed by atoms with van der Waals surface area (Å²) in [4.78, 5) is 25.5. The lowest BCUT2D eigenvalue weighted by atomic mass is 9.80. The summed E-state index contributed by atoms with van der Waals surface area (Å²) in [6.07, 6.45) is -2.47. The van der Waals surface area contributed by atoms with Crippen molar-refractivity contribution >= 4 is 23.2 Å². The van der Waals surface area contributed by atoms with E-state index in [-0.39, 0.29) is 49.2 Å². The van der Waals surface area contributed by atoms with Crippen LogP contribution in [0.15, 0.2) is 48.5 Å². The molecule has 1 atom stereocenters. The molecule has 0 unspecified atom stereocenters. The summed E-state index contributed by atoms with van der Waals surface area (Å²) in [5.74, 6) is -0.366. The number of hydrogen-bond donors (Lipinski definition) is 3. The molecule has 1 saturated heterocycles. The van der Waals surface area contributed by atoms with Gasteiger partial charge in [-0.2, -0.15) is 13.2 Å². The first-order valence-corrected chi connectivity index (χ1v) is 11.9. The van der Waals surface area contributed by atoms with Gasteiger partial charge in [-0.3, -0.25) is 9.59 Å². The van der Waals surface area contributed by atoms with Gasteiger partial charge in [0.25, 0.3) is 0 Å². The number of methoxy groups -OCH3 is 1. The molecule has 3 N–H and O–H groups in total. The molecule has 0 bridgehead atoms. The molecule has 4 rings (SSSR count). The molecule has 0 aromatic heterocycles. The van der Waals surface area contributed by atoms with Gasteiger partial charge in [-0.15, -0.1) is 0 Å². The third kappa shape index (κ3) is 5.99. The fraction of sp³-hybridized carbons (Fsp3) is 0.462. The molecule has 2 aromatic rings. The van der Waals surface area contributed by atoms with E-state index in [1.165, 1.54) is 18.2 Å². The molecule has 36 heavy (non-hydrogen) atoms. The Morgan fingerprint density at radius 2 is 1.81 bits per heavy atom. The van der Waals surface area contributed by atoms with E-state index in [4.69, 9.17) is 9.47 Å². The smallest absolute Gasteiger partial charge is 0.381 e. The minimum absolute atomic E-state index is 0.0316. The zero-order valence-corrected chi connectivity index (χ0v) is 20.0. The summed E-state index contributed by atoms with van der Waals surface area (Å²) in [5, 5.41) is 8.63. The lowest BCUT2D eigenvalue weighted by Gasteiger charge is -2.34. The van der Waals surface area contributed by atoms with Gasteiger partial charge in [0.15, 0.2) is 0 Å². The Hall–Kier alpha value is -3.11. The van der Waals surface area contributed by atoms with Crippen LogP contribution in [0.3, 0.4) is 0 Å². The lowest BCUT2D eigenvalue weighted by molar-refractivity contribution is -0.137.